The monoisotopic (exact) mass is 249 g/mol. The molecule has 0 saturated heterocycles. The van der Waals surface area contributed by atoms with Gasteiger partial charge in [-0.3, -0.25) is 4.98 Å². The van der Waals surface area contributed by atoms with Gasteiger partial charge in [0.2, 0.25) is 0 Å². The predicted octanol–water partition coefficient (Wildman–Crippen LogP) is 2.41. The van der Waals surface area contributed by atoms with Crippen LogP contribution in [-0.2, 0) is 0 Å². The minimum atomic E-state index is -0.248. The van der Waals surface area contributed by atoms with Crippen LogP contribution >= 0.6 is 11.8 Å². The number of rotatable bonds is 4. The number of thioether (sulfide) groups is 1. The molecule has 0 amide bonds. The highest BCUT2D eigenvalue weighted by Gasteiger charge is 2.07. The van der Waals surface area contributed by atoms with Crippen molar-refractivity contribution in [3.63, 3.8) is 0 Å². The normalized spacial score (nSPS) is 12.4. The lowest BCUT2D eigenvalue weighted by molar-refractivity contribution is 0.626. The van der Waals surface area contributed by atoms with Gasteiger partial charge in [-0.2, -0.15) is 0 Å². The second-order valence-electron chi connectivity index (χ2n) is 3.51. The van der Waals surface area contributed by atoms with Crippen LogP contribution in [0.1, 0.15) is 11.6 Å². The van der Waals surface area contributed by atoms with Crippen molar-refractivity contribution in [3.05, 3.63) is 54.2 Å². The summed E-state index contributed by atoms with van der Waals surface area (Å²) in [6.45, 7) is 0. The van der Waals surface area contributed by atoms with Crippen LogP contribution in [0.25, 0.3) is 0 Å². The van der Waals surface area contributed by atoms with Gasteiger partial charge in [0, 0.05) is 24.2 Å². The van der Waals surface area contributed by atoms with Gasteiger partial charge in [0.15, 0.2) is 0 Å². The molecule has 1 unspecified atom stereocenters. The third kappa shape index (κ3) is 3.51. The van der Waals surface area contributed by atoms with Crippen molar-refractivity contribution in [1.82, 2.24) is 9.97 Å². The number of halogens is 1. The Hall–Kier alpha value is -1.46. The first kappa shape index (κ1) is 12.0. The summed E-state index contributed by atoms with van der Waals surface area (Å²) in [6, 6.07) is 6.11. The van der Waals surface area contributed by atoms with E-state index in [1.807, 2.05) is 0 Å². The van der Waals surface area contributed by atoms with Gasteiger partial charge in [-0.25, -0.2) is 9.37 Å². The quantitative estimate of drug-likeness (QED) is 0.845. The Labute approximate surface area is 103 Å². The molecule has 2 aromatic rings. The van der Waals surface area contributed by atoms with Crippen molar-refractivity contribution in [3.8, 4) is 0 Å². The van der Waals surface area contributed by atoms with Crippen LogP contribution in [0, 0.1) is 5.82 Å². The average molecular weight is 249 g/mol. The summed E-state index contributed by atoms with van der Waals surface area (Å²) in [5.41, 5.74) is 6.92. The summed E-state index contributed by atoms with van der Waals surface area (Å²) in [5.74, 6) is 0.437. The Morgan fingerprint density at radius 1 is 1.24 bits per heavy atom. The highest BCUT2D eigenvalue weighted by molar-refractivity contribution is 7.99. The Balaban J connectivity index is 1.93. The molecule has 0 spiro atoms. The predicted molar refractivity (Wildman–Crippen MR) is 66.1 cm³/mol. The number of aromatic nitrogens is 2. The molecule has 2 N–H and O–H groups in total. The first-order chi connectivity index (χ1) is 8.25. The Kier molecular flexibility index (Phi) is 4.06. The van der Waals surface area contributed by atoms with Gasteiger partial charge in [0.25, 0.3) is 0 Å². The molecule has 0 aliphatic heterocycles. The molecular weight excluding hydrogens is 237 g/mol. The van der Waals surface area contributed by atoms with Crippen molar-refractivity contribution < 1.29 is 4.39 Å². The number of hydrogen-bond acceptors (Lipinski definition) is 4. The minimum Gasteiger partial charge on any atom is -0.323 e. The fraction of sp³-hybridized carbons (Fsp3) is 0.167. The van der Waals surface area contributed by atoms with Crippen molar-refractivity contribution in [1.29, 1.82) is 0 Å². The van der Waals surface area contributed by atoms with Gasteiger partial charge in [0.05, 0.1) is 6.20 Å². The lowest BCUT2D eigenvalue weighted by Gasteiger charge is -2.10. The Morgan fingerprint density at radius 3 is 2.65 bits per heavy atom. The maximum Gasteiger partial charge on any atom is 0.123 e. The highest BCUT2D eigenvalue weighted by Crippen LogP contribution is 2.21. The lowest BCUT2D eigenvalue weighted by atomic mass is 10.1. The van der Waals surface area contributed by atoms with Crippen LogP contribution < -0.4 is 5.73 Å². The Bertz CT molecular complexity index is 461. The SMILES string of the molecule is NC(CSc1cnccn1)c1ccc(F)cc1. The number of nitrogens with zero attached hydrogens (tertiary/aromatic N) is 2. The molecule has 0 aliphatic carbocycles. The molecule has 1 aromatic carbocycles. The highest BCUT2D eigenvalue weighted by atomic mass is 32.2. The van der Waals surface area contributed by atoms with Crippen LogP contribution in [0.5, 0.6) is 0 Å². The first-order valence-corrected chi connectivity index (χ1v) is 6.14. The molecule has 1 heterocycles. The van der Waals surface area contributed by atoms with E-state index in [4.69, 9.17) is 5.73 Å². The van der Waals surface area contributed by atoms with E-state index in [1.165, 1.54) is 23.9 Å². The minimum absolute atomic E-state index is 0.136. The molecule has 5 heteroatoms. The molecule has 2 rings (SSSR count). The number of nitrogens with two attached hydrogens (primary N) is 1. The topological polar surface area (TPSA) is 51.8 Å². The second-order valence-corrected chi connectivity index (χ2v) is 4.55. The molecule has 1 atom stereocenters. The van der Waals surface area contributed by atoms with E-state index in [2.05, 4.69) is 9.97 Å². The van der Waals surface area contributed by atoms with E-state index in [0.29, 0.717) is 5.75 Å². The average Bonchev–Trinajstić information content (AvgIpc) is 2.38. The number of hydrogen-bond donors (Lipinski definition) is 1. The standard InChI is InChI=1S/C12H12FN3S/c13-10-3-1-9(2-4-10)11(14)8-17-12-7-15-5-6-16-12/h1-7,11H,8,14H2. The zero-order valence-corrected chi connectivity index (χ0v) is 9.90. The Morgan fingerprint density at radius 2 is 2.00 bits per heavy atom. The maximum atomic E-state index is 12.7. The lowest BCUT2D eigenvalue weighted by Crippen LogP contribution is -2.13. The van der Waals surface area contributed by atoms with E-state index < -0.39 is 0 Å². The van der Waals surface area contributed by atoms with Gasteiger partial charge in [-0.15, -0.1) is 11.8 Å². The summed E-state index contributed by atoms with van der Waals surface area (Å²) in [6.07, 6.45) is 4.97. The molecule has 0 fully saturated rings. The molecule has 88 valence electrons. The summed E-state index contributed by atoms with van der Waals surface area (Å²) in [7, 11) is 0. The first-order valence-electron chi connectivity index (χ1n) is 5.15. The molecule has 0 bridgehead atoms. The van der Waals surface area contributed by atoms with Gasteiger partial charge in [0.1, 0.15) is 10.8 Å². The molecule has 17 heavy (non-hydrogen) atoms. The third-order valence-corrected chi connectivity index (χ3v) is 3.28. The van der Waals surface area contributed by atoms with Gasteiger partial charge >= 0.3 is 0 Å². The molecule has 0 saturated carbocycles. The van der Waals surface area contributed by atoms with Crippen molar-refractivity contribution in [2.75, 3.05) is 5.75 Å². The molecule has 3 nitrogen and oxygen atoms in total. The summed E-state index contributed by atoms with van der Waals surface area (Å²) < 4.78 is 12.7. The zero-order valence-electron chi connectivity index (χ0n) is 9.08. The van der Waals surface area contributed by atoms with Crippen LogP contribution in [-0.4, -0.2) is 15.7 Å². The van der Waals surface area contributed by atoms with Gasteiger partial charge in [-0.05, 0) is 17.7 Å². The second kappa shape index (κ2) is 5.75. The van der Waals surface area contributed by atoms with Crippen molar-refractivity contribution >= 4 is 11.8 Å². The summed E-state index contributed by atoms with van der Waals surface area (Å²) in [4.78, 5) is 8.12. The van der Waals surface area contributed by atoms with Crippen LogP contribution in [0.4, 0.5) is 4.39 Å². The van der Waals surface area contributed by atoms with Gasteiger partial charge in [-0.1, -0.05) is 12.1 Å². The smallest absolute Gasteiger partial charge is 0.123 e. The van der Waals surface area contributed by atoms with Gasteiger partial charge < -0.3 is 5.73 Å². The molecule has 0 aliphatic rings. The zero-order chi connectivity index (χ0) is 12.1. The third-order valence-electron chi connectivity index (χ3n) is 2.25. The van der Waals surface area contributed by atoms with Crippen molar-refractivity contribution in [2.24, 2.45) is 5.73 Å². The molecule has 1 aromatic heterocycles. The van der Waals surface area contributed by atoms with E-state index in [9.17, 15) is 4.39 Å². The summed E-state index contributed by atoms with van der Waals surface area (Å²) >= 11 is 1.54. The fourth-order valence-electron chi connectivity index (χ4n) is 1.34. The fourth-order valence-corrected chi connectivity index (χ4v) is 2.15. The maximum absolute atomic E-state index is 12.7. The van der Waals surface area contributed by atoms with Crippen LogP contribution in [0.3, 0.4) is 0 Å². The van der Waals surface area contributed by atoms with E-state index in [0.717, 1.165) is 10.6 Å². The number of benzene rings is 1. The molecule has 0 radical (unpaired) electrons. The molecular formula is C12H12FN3S. The van der Waals surface area contributed by atoms with Crippen LogP contribution in [0.15, 0.2) is 47.9 Å². The van der Waals surface area contributed by atoms with E-state index in [-0.39, 0.29) is 11.9 Å². The van der Waals surface area contributed by atoms with E-state index >= 15 is 0 Å². The largest absolute Gasteiger partial charge is 0.323 e. The van der Waals surface area contributed by atoms with E-state index in [1.54, 1.807) is 30.7 Å². The summed E-state index contributed by atoms with van der Waals surface area (Å²) in [5, 5.41) is 0.838. The van der Waals surface area contributed by atoms with Crippen molar-refractivity contribution in [2.45, 2.75) is 11.1 Å². The van der Waals surface area contributed by atoms with Crippen LogP contribution in [0.2, 0.25) is 0 Å².